The van der Waals surface area contributed by atoms with Crippen LogP contribution < -0.4 is 5.32 Å². The first-order valence-electron chi connectivity index (χ1n) is 4.63. The summed E-state index contributed by atoms with van der Waals surface area (Å²) in [5.74, 6) is 0.487. The molecule has 0 atom stereocenters. The summed E-state index contributed by atoms with van der Waals surface area (Å²) in [6, 6.07) is 5.56. The fraction of sp³-hybridized carbons (Fsp3) is 0.100. The molecule has 0 radical (unpaired) electrons. The third kappa shape index (κ3) is 3.23. The molecule has 0 spiro atoms. The number of anilines is 1. The van der Waals surface area contributed by atoms with Crippen LogP contribution in [0.25, 0.3) is 0 Å². The Labute approximate surface area is 124 Å². The molecule has 0 saturated heterocycles. The highest BCUT2D eigenvalue weighted by atomic mass is 127. The molecule has 1 heterocycles. The molecule has 0 bridgehead atoms. The Morgan fingerprint density at radius 2 is 2.29 bits per heavy atom. The quantitative estimate of drug-likeness (QED) is 0.752. The molecule has 4 nitrogen and oxygen atoms in total. The number of benzene rings is 1. The van der Waals surface area contributed by atoms with Gasteiger partial charge in [0.15, 0.2) is 0 Å². The Morgan fingerprint density at radius 1 is 1.53 bits per heavy atom. The molecule has 17 heavy (non-hydrogen) atoms. The summed E-state index contributed by atoms with van der Waals surface area (Å²) in [5.41, 5.74) is 0.618. The summed E-state index contributed by atoms with van der Waals surface area (Å²) >= 11 is 6.65. The van der Waals surface area contributed by atoms with Crippen LogP contribution in [0.15, 0.2) is 22.7 Å². The standard InChI is InChI=1S/C10H7BrIN3OS/c1-5-13-10(17-15-5)14-9(16)7-4-6(11)2-3-8(7)12/h2-4H,1H3,(H,13,14,15,16). The Morgan fingerprint density at radius 3 is 2.94 bits per heavy atom. The van der Waals surface area contributed by atoms with E-state index in [1.807, 2.05) is 12.1 Å². The first kappa shape index (κ1) is 12.9. The maximum atomic E-state index is 12.0. The molecule has 1 aromatic heterocycles. The highest BCUT2D eigenvalue weighted by molar-refractivity contribution is 14.1. The Bertz CT molecular complexity index is 572. The molecule has 88 valence electrons. The second-order valence-corrected chi connectivity index (χ2v) is 6.05. The summed E-state index contributed by atoms with van der Waals surface area (Å²) in [5, 5.41) is 3.24. The summed E-state index contributed by atoms with van der Waals surface area (Å²) in [4.78, 5) is 16.1. The van der Waals surface area contributed by atoms with E-state index in [-0.39, 0.29) is 5.91 Å². The maximum Gasteiger partial charge on any atom is 0.258 e. The number of amides is 1. The number of aryl methyl sites for hydroxylation is 1. The fourth-order valence-electron chi connectivity index (χ4n) is 1.18. The number of hydrogen-bond donors (Lipinski definition) is 1. The molecule has 7 heteroatoms. The van der Waals surface area contributed by atoms with Crippen LogP contribution in [0.2, 0.25) is 0 Å². The molecule has 1 amide bonds. The topological polar surface area (TPSA) is 54.9 Å². The number of aromatic nitrogens is 2. The summed E-state index contributed by atoms with van der Waals surface area (Å²) in [7, 11) is 0. The van der Waals surface area contributed by atoms with E-state index in [2.05, 4.69) is 53.2 Å². The summed E-state index contributed by atoms with van der Waals surface area (Å²) < 4.78 is 5.77. The third-order valence-corrected chi connectivity index (χ3v) is 4.08. The van der Waals surface area contributed by atoms with Crippen molar-refractivity contribution in [3.8, 4) is 0 Å². The van der Waals surface area contributed by atoms with Gasteiger partial charge in [-0.05, 0) is 47.7 Å². The number of nitrogens with one attached hydrogen (secondary N) is 1. The predicted molar refractivity (Wildman–Crippen MR) is 79.5 cm³/mol. The van der Waals surface area contributed by atoms with Gasteiger partial charge in [0.2, 0.25) is 5.13 Å². The van der Waals surface area contributed by atoms with E-state index in [4.69, 9.17) is 0 Å². The van der Waals surface area contributed by atoms with Crippen molar-refractivity contribution in [2.24, 2.45) is 0 Å². The average Bonchev–Trinajstić information content (AvgIpc) is 2.67. The predicted octanol–water partition coefficient (Wildman–Crippen LogP) is 3.47. The zero-order valence-corrected chi connectivity index (χ0v) is 13.3. The molecule has 0 aliphatic carbocycles. The lowest BCUT2D eigenvalue weighted by Crippen LogP contribution is -2.13. The molecule has 0 fully saturated rings. The van der Waals surface area contributed by atoms with Crippen molar-refractivity contribution in [1.82, 2.24) is 9.36 Å². The van der Waals surface area contributed by atoms with Crippen LogP contribution in [0, 0.1) is 10.5 Å². The van der Waals surface area contributed by atoms with E-state index >= 15 is 0 Å². The second kappa shape index (κ2) is 5.40. The normalized spacial score (nSPS) is 10.3. The van der Waals surface area contributed by atoms with Gasteiger partial charge >= 0.3 is 0 Å². The van der Waals surface area contributed by atoms with Crippen LogP contribution in [0.1, 0.15) is 16.2 Å². The van der Waals surface area contributed by atoms with Crippen molar-refractivity contribution in [2.75, 3.05) is 5.32 Å². The molecular weight excluding hydrogens is 417 g/mol. The Hall–Kier alpha value is -0.540. The lowest BCUT2D eigenvalue weighted by molar-refractivity contribution is 0.102. The molecule has 1 N–H and O–H groups in total. The van der Waals surface area contributed by atoms with Crippen molar-refractivity contribution in [2.45, 2.75) is 6.92 Å². The Balaban J connectivity index is 2.22. The second-order valence-electron chi connectivity index (χ2n) is 3.23. The monoisotopic (exact) mass is 423 g/mol. The smallest absolute Gasteiger partial charge is 0.258 e. The first-order chi connectivity index (χ1) is 8.06. The van der Waals surface area contributed by atoms with Crippen molar-refractivity contribution >= 4 is 61.1 Å². The van der Waals surface area contributed by atoms with Gasteiger partial charge in [0, 0.05) is 19.6 Å². The minimum absolute atomic E-state index is 0.174. The van der Waals surface area contributed by atoms with Gasteiger partial charge in [-0.3, -0.25) is 10.1 Å². The largest absolute Gasteiger partial charge is 0.297 e. The minimum atomic E-state index is -0.174. The molecular formula is C10H7BrIN3OS. The van der Waals surface area contributed by atoms with Crippen molar-refractivity contribution in [1.29, 1.82) is 0 Å². The number of nitrogens with zero attached hydrogens (tertiary/aromatic N) is 2. The summed E-state index contributed by atoms with van der Waals surface area (Å²) in [6.07, 6.45) is 0. The average molecular weight is 424 g/mol. The number of carbonyl (C=O) groups excluding carboxylic acids is 1. The SMILES string of the molecule is Cc1nsc(NC(=O)c2cc(Br)ccc2I)n1. The molecule has 0 aliphatic rings. The maximum absolute atomic E-state index is 12.0. The molecule has 0 saturated carbocycles. The van der Waals surface area contributed by atoms with E-state index in [0.29, 0.717) is 16.5 Å². The van der Waals surface area contributed by atoms with Crippen LogP contribution in [0.4, 0.5) is 5.13 Å². The van der Waals surface area contributed by atoms with Gasteiger partial charge in [-0.1, -0.05) is 15.9 Å². The molecule has 2 rings (SSSR count). The zero-order valence-electron chi connectivity index (χ0n) is 8.70. The van der Waals surface area contributed by atoms with Gasteiger partial charge in [-0.15, -0.1) is 0 Å². The zero-order chi connectivity index (χ0) is 12.4. The van der Waals surface area contributed by atoms with Gasteiger partial charge in [-0.2, -0.15) is 4.37 Å². The number of rotatable bonds is 2. The lowest BCUT2D eigenvalue weighted by Gasteiger charge is -2.04. The molecule has 2 aromatic rings. The van der Waals surface area contributed by atoms with Gasteiger partial charge in [0.1, 0.15) is 5.82 Å². The molecule has 1 aromatic carbocycles. The van der Waals surface area contributed by atoms with Gasteiger partial charge in [-0.25, -0.2) is 4.98 Å². The van der Waals surface area contributed by atoms with Gasteiger partial charge in [0.05, 0.1) is 5.56 Å². The molecule has 0 aliphatic heterocycles. The first-order valence-corrected chi connectivity index (χ1v) is 7.27. The van der Waals surface area contributed by atoms with Crippen LogP contribution in [-0.2, 0) is 0 Å². The minimum Gasteiger partial charge on any atom is -0.297 e. The number of hydrogen-bond acceptors (Lipinski definition) is 4. The lowest BCUT2D eigenvalue weighted by atomic mass is 10.2. The van der Waals surface area contributed by atoms with E-state index < -0.39 is 0 Å². The number of halogens is 2. The van der Waals surface area contributed by atoms with Crippen molar-refractivity contribution < 1.29 is 4.79 Å². The van der Waals surface area contributed by atoms with E-state index in [9.17, 15) is 4.79 Å². The highest BCUT2D eigenvalue weighted by Crippen LogP contribution is 2.20. The van der Waals surface area contributed by atoms with Crippen LogP contribution >= 0.6 is 50.1 Å². The van der Waals surface area contributed by atoms with Crippen molar-refractivity contribution in [3.05, 3.63) is 37.6 Å². The van der Waals surface area contributed by atoms with Crippen LogP contribution in [0.5, 0.6) is 0 Å². The van der Waals surface area contributed by atoms with E-state index in [1.54, 1.807) is 13.0 Å². The summed E-state index contributed by atoms with van der Waals surface area (Å²) in [6.45, 7) is 1.79. The Kier molecular flexibility index (Phi) is 4.10. The van der Waals surface area contributed by atoms with Gasteiger partial charge < -0.3 is 0 Å². The number of carbonyl (C=O) groups is 1. The fourth-order valence-corrected chi connectivity index (χ4v) is 2.70. The van der Waals surface area contributed by atoms with Crippen LogP contribution in [0.3, 0.4) is 0 Å². The molecule has 0 unspecified atom stereocenters. The van der Waals surface area contributed by atoms with Gasteiger partial charge in [0.25, 0.3) is 5.91 Å². The van der Waals surface area contributed by atoms with E-state index in [0.717, 1.165) is 8.04 Å². The van der Waals surface area contributed by atoms with E-state index in [1.165, 1.54) is 11.5 Å². The van der Waals surface area contributed by atoms with Crippen molar-refractivity contribution in [3.63, 3.8) is 0 Å². The van der Waals surface area contributed by atoms with Crippen LogP contribution in [-0.4, -0.2) is 15.3 Å². The highest BCUT2D eigenvalue weighted by Gasteiger charge is 2.12. The third-order valence-electron chi connectivity index (χ3n) is 1.92.